The van der Waals surface area contributed by atoms with Gasteiger partial charge in [-0.2, -0.15) is 0 Å². The zero-order valence-corrected chi connectivity index (χ0v) is 91.5. The number of nitrogens with zero attached hydrogens (tertiary/aromatic N) is 10. The Kier molecular flexibility index (Phi) is 37.1. The predicted octanol–water partition coefficient (Wildman–Crippen LogP) is 18.3. The molecule has 4 amide bonds. The third-order valence-electron chi connectivity index (χ3n) is 33.1. The summed E-state index contributed by atoms with van der Waals surface area (Å²) in [5.74, 6) is -7.16. The van der Waals surface area contributed by atoms with Gasteiger partial charge in [0.05, 0.1) is 190 Å². The summed E-state index contributed by atoms with van der Waals surface area (Å²) in [5.41, 5.74) is 9.61. The Labute approximate surface area is 879 Å². The van der Waals surface area contributed by atoms with Gasteiger partial charge in [0, 0.05) is 105 Å². The summed E-state index contributed by atoms with van der Waals surface area (Å²) in [6.07, 6.45) is 9.31. The largest absolute Gasteiger partial charge is 0.469 e. The Morgan fingerprint density at radius 3 is 0.880 bits per heavy atom. The number of rotatable bonds is 38. The molecule has 0 radical (unpaired) electrons. The predicted molar refractivity (Wildman–Crippen MR) is 567 cm³/mol. The number of anilines is 4. The summed E-state index contributed by atoms with van der Waals surface area (Å²) in [7, 11) is 8.37. The van der Waals surface area contributed by atoms with Crippen LogP contribution in [0.1, 0.15) is 212 Å². The number of ether oxygens (including phenoxy) is 8. The number of hydrogen-bond acceptors (Lipinski definition) is 24. The van der Waals surface area contributed by atoms with Crippen molar-refractivity contribution >= 4 is 98.0 Å². The molecule has 36 heteroatoms. The van der Waals surface area contributed by atoms with Gasteiger partial charge in [-0.15, -0.1) is 0 Å². The molecule has 0 spiro atoms. The van der Waals surface area contributed by atoms with Crippen molar-refractivity contribution in [2.75, 3.05) is 129 Å². The zero-order valence-electron chi connectivity index (χ0n) is 89.5. The number of benzene rings is 6. The van der Waals surface area contributed by atoms with Crippen molar-refractivity contribution < 1.29 is 103 Å². The molecule has 8 fully saturated rings. The Balaban J connectivity index is 0.000000224. The molecule has 2 aromatic heterocycles. The number of esters is 4. The number of Topliss-reactive ketones (excluding diaryl/α,β-unsaturated/α-hetero) is 2. The number of carbonyl (C=O) groups is 10. The third-order valence-corrected chi connectivity index (χ3v) is 39.4. The number of ketones is 2. The van der Waals surface area contributed by atoms with Gasteiger partial charge in [0.15, 0.2) is 34.8 Å². The summed E-state index contributed by atoms with van der Waals surface area (Å²) in [4.78, 5) is 164. The normalized spacial score (nSPS) is 22.2. The van der Waals surface area contributed by atoms with Gasteiger partial charge in [-0.05, 0) is 198 Å². The van der Waals surface area contributed by atoms with E-state index in [-0.39, 0.29) is 121 Å². The van der Waals surface area contributed by atoms with Gasteiger partial charge >= 0.3 is 23.9 Å². The van der Waals surface area contributed by atoms with E-state index in [9.17, 15) is 47.9 Å². The van der Waals surface area contributed by atoms with Crippen LogP contribution in [0.3, 0.4) is 0 Å². The lowest BCUT2D eigenvalue weighted by Gasteiger charge is -2.38. The van der Waals surface area contributed by atoms with Crippen molar-refractivity contribution in [1.29, 1.82) is 0 Å². The SMILES string of the molecule is COC(=O)C[C@H](C(=O)N1CCCC1C(=O)Cc1ccc([C@@H]2CC[C@@H](c3ccc(-c4cnc([C@@H]5CCCN5C(=O)[C@@H](CC(=O)OC)[C@@H](C)OC)[nH]4)cc3)N2c2cc(F)c(N3CC[Si](C)(C)CC3)c(F)c2)cc1)[C@@H](C)OC.COC(=O)C[C@H](C(=O)N1CCCC1C(=O)Cc1ccc([C@H]2CC[C@H](c3ccc(-c4cnc([C@@H]5CCCN5C(=O)[C@@H](CC(=O)OC)[C@@H](C)OC)[nH]4)cc3)N2c2cc(F)c(N3CC[Si](C)(C)CC3)c(F)c2)cc1)[C@@H](C)OC. The molecule has 8 aliphatic rings. The van der Waals surface area contributed by atoms with Crippen LogP contribution in [0, 0.1) is 46.9 Å². The van der Waals surface area contributed by atoms with E-state index in [4.69, 9.17) is 47.9 Å². The molecule has 16 atom stereocenters. The van der Waals surface area contributed by atoms with Crippen LogP contribution in [0.2, 0.25) is 50.4 Å². The van der Waals surface area contributed by atoms with E-state index in [1.165, 1.54) is 81.1 Å². The van der Waals surface area contributed by atoms with Gasteiger partial charge in [-0.25, -0.2) is 27.5 Å². The molecule has 808 valence electrons. The molecule has 2 N–H and O–H groups in total. The summed E-state index contributed by atoms with van der Waals surface area (Å²) in [5, 5.41) is 0. The number of aromatic amines is 2. The van der Waals surface area contributed by atoms with E-state index in [0.717, 1.165) is 92.9 Å². The number of amides is 4. The van der Waals surface area contributed by atoms with Crippen molar-refractivity contribution in [2.45, 2.75) is 266 Å². The van der Waals surface area contributed by atoms with Crippen molar-refractivity contribution in [3.8, 4) is 22.5 Å². The summed E-state index contributed by atoms with van der Waals surface area (Å²) >= 11 is 0. The molecule has 2 unspecified atom stereocenters. The first kappa shape index (κ1) is 112. The quantitative estimate of drug-likeness (QED) is 0.0157. The summed E-state index contributed by atoms with van der Waals surface area (Å²) in [6.45, 7) is 20.7. The number of halogens is 4. The van der Waals surface area contributed by atoms with Gasteiger partial charge in [-0.1, -0.05) is 123 Å². The minimum Gasteiger partial charge on any atom is -0.469 e. The maximum absolute atomic E-state index is 16.5. The van der Waals surface area contributed by atoms with E-state index in [2.05, 4.69) is 46.0 Å². The van der Waals surface area contributed by atoms with Gasteiger partial charge in [-0.3, -0.25) is 47.9 Å². The highest BCUT2D eigenvalue weighted by atomic mass is 28.3. The first-order valence-corrected chi connectivity index (χ1v) is 59.9. The molecule has 8 aliphatic heterocycles. The van der Waals surface area contributed by atoms with Crippen LogP contribution in [0.25, 0.3) is 22.5 Å². The highest BCUT2D eigenvalue weighted by Crippen LogP contribution is 2.52. The Bertz CT molecular complexity index is 5670. The molecule has 30 nitrogen and oxygen atoms in total. The number of nitrogens with one attached hydrogen (secondary N) is 2. The number of likely N-dealkylation sites (tertiary alicyclic amines) is 4. The molecular formula is C114H148F4N12O18Si2. The summed E-state index contributed by atoms with van der Waals surface area (Å²) < 4.78 is 107. The zero-order chi connectivity index (χ0) is 107. The Morgan fingerprint density at radius 2 is 0.607 bits per heavy atom. The first-order chi connectivity index (χ1) is 71.9. The number of aromatic nitrogens is 4. The average Bonchev–Trinajstić information content (AvgIpc) is 1.59. The second-order valence-electron chi connectivity index (χ2n) is 43.3. The minimum absolute atomic E-state index is 0.0261. The lowest BCUT2D eigenvalue weighted by molar-refractivity contribution is -0.151. The van der Waals surface area contributed by atoms with Crippen molar-refractivity contribution in [3.63, 3.8) is 0 Å². The maximum atomic E-state index is 16.5. The number of hydrogen-bond donors (Lipinski definition) is 2. The second kappa shape index (κ2) is 49.6. The monoisotopic (exact) mass is 2110 g/mol. The molecule has 8 saturated heterocycles. The Hall–Kier alpha value is -12.0. The smallest absolute Gasteiger partial charge is 0.306 e. The fraction of sp³-hybridized carbons (Fsp3) is 0.544. The van der Waals surface area contributed by atoms with E-state index in [1.54, 1.807) is 59.7 Å². The lowest BCUT2D eigenvalue weighted by atomic mass is 9.95. The van der Waals surface area contributed by atoms with Crippen LogP contribution < -0.4 is 19.6 Å². The number of imidazole rings is 2. The van der Waals surface area contributed by atoms with E-state index in [1.807, 2.05) is 107 Å². The molecule has 0 bridgehead atoms. The second-order valence-corrected chi connectivity index (χ2v) is 54.0. The molecule has 10 heterocycles. The molecule has 6 aromatic carbocycles. The summed E-state index contributed by atoms with van der Waals surface area (Å²) in [6, 6.07) is 38.8. The van der Waals surface area contributed by atoms with Crippen LogP contribution in [0.15, 0.2) is 134 Å². The molecule has 0 saturated carbocycles. The van der Waals surface area contributed by atoms with Gasteiger partial charge in [0.2, 0.25) is 23.6 Å². The van der Waals surface area contributed by atoms with Crippen LogP contribution >= 0.6 is 0 Å². The average molecular weight is 2110 g/mol. The first-order valence-electron chi connectivity index (χ1n) is 53.1. The fourth-order valence-corrected chi connectivity index (χ4v) is 27.5. The number of H-pyrrole nitrogens is 2. The highest BCUT2D eigenvalue weighted by Gasteiger charge is 2.48. The third kappa shape index (κ3) is 25.5. The molecule has 16 rings (SSSR count). The van der Waals surface area contributed by atoms with Crippen LogP contribution in [0.5, 0.6) is 0 Å². The van der Waals surface area contributed by atoms with Crippen molar-refractivity contribution in [3.05, 3.63) is 202 Å². The van der Waals surface area contributed by atoms with Crippen LogP contribution in [0.4, 0.5) is 40.3 Å². The molecule has 0 aliphatic carbocycles. The number of methoxy groups -OCH3 is 8. The van der Waals surface area contributed by atoms with E-state index >= 15 is 17.6 Å². The van der Waals surface area contributed by atoms with E-state index < -0.39 is 123 Å². The van der Waals surface area contributed by atoms with E-state index in [0.29, 0.717) is 140 Å². The van der Waals surface area contributed by atoms with Gasteiger partial charge in [0.1, 0.15) is 23.0 Å². The Morgan fingerprint density at radius 1 is 0.347 bits per heavy atom. The highest BCUT2D eigenvalue weighted by molar-refractivity contribution is 6.78. The maximum Gasteiger partial charge on any atom is 0.306 e. The molecule has 150 heavy (non-hydrogen) atoms. The van der Waals surface area contributed by atoms with Gasteiger partial charge < -0.3 is 87.1 Å². The molecular weight excluding hydrogens is 1960 g/mol. The lowest BCUT2D eigenvalue weighted by Crippen LogP contribution is -2.47. The fourth-order valence-electron chi connectivity index (χ4n) is 23.5. The topological polar surface area (TPSA) is 328 Å². The van der Waals surface area contributed by atoms with Crippen molar-refractivity contribution in [1.82, 2.24) is 39.5 Å². The number of carbonyl (C=O) groups excluding carboxylic acids is 10. The van der Waals surface area contributed by atoms with Gasteiger partial charge in [0.25, 0.3) is 0 Å². The minimum atomic E-state index is -1.41. The van der Waals surface area contributed by atoms with Crippen LogP contribution in [-0.4, -0.2) is 260 Å². The van der Waals surface area contributed by atoms with Crippen LogP contribution in [-0.2, 0) is 98.7 Å². The standard InChI is InChI=1S/2C57H74F2N6O9Si/c2*1-35(71-3)42(32-52(67)73-5)56(69)63-23-9-11-49(63)51(66)29-37-13-15-39(16-14-37)47-21-22-48(65(47)41-30-44(58)54(45(59)31-41)62-25-27-75(7,8)28-26-62)40-19-17-38(18-20-40)46-34-60-55(61-46)50-12-10-24-64(50)57(70)43(36(2)72-4)33-53(68)74-6/h2*13-20,30-31,34-36,42-43,47-50H,9-12,21-29,32-33H2,1-8H3,(H,60,61)/t35-,36-,42+,43+,47+,48+,49?,50+;35-,36-,42+,43+,47-,48-,49?,50+/m11/s1. The molecule has 8 aromatic rings. The van der Waals surface area contributed by atoms with Crippen molar-refractivity contribution in [2.24, 2.45) is 23.7 Å².